The van der Waals surface area contributed by atoms with Gasteiger partial charge in [0.1, 0.15) is 0 Å². The molecule has 3 atom stereocenters. The highest BCUT2D eigenvalue weighted by Crippen LogP contribution is 2.19. The zero-order valence-electron chi connectivity index (χ0n) is 10.7. The predicted molar refractivity (Wildman–Crippen MR) is 66.2 cm³/mol. The SMILES string of the molecule is [CH2]C(C)C(C)CCCCCC(C)CC. The predicted octanol–water partition coefficient (Wildman–Crippen LogP) is 5.09. The van der Waals surface area contributed by atoms with Gasteiger partial charge in [0.2, 0.25) is 0 Å². The summed E-state index contributed by atoms with van der Waals surface area (Å²) in [5.41, 5.74) is 0. The van der Waals surface area contributed by atoms with Gasteiger partial charge in [-0.25, -0.2) is 0 Å². The number of rotatable bonds is 8. The normalized spacial score (nSPS) is 15.9. The van der Waals surface area contributed by atoms with E-state index in [1.807, 2.05) is 0 Å². The molecule has 0 aromatic heterocycles. The fourth-order valence-corrected chi connectivity index (χ4v) is 1.62. The van der Waals surface area contributed by atoms with Crippen molar-refractivity contribution in [1.29, 1.82) is 0 Å². The van der Waals surface area contributed by atoms with Crippen LogP contribution in [-0.2, 0) is 0 Å². The molecule has 0 saturated heterocycles. The lowest BCUT2D eigenvalue weighted by Crippen LogP contribution is -2.03. The smallest absolute Gasteiger partial charge is 0.0417 e. The molecule has 0 bridgehead atoms. The van der Waals surface area contributed by atoms with Gasteiger partial charge >= 0.3 is 0 Å². The lowest BCUT2D eigenvalue weighted by molar-refractivity contribution is 0.394. The van der Waals surface area contributed by atoms with Gasteiger partial charge in [0, 0.05) is 0 Å². The van der Waals surface area contributed by atoms with E-state index in [1.165, 1.54) is 38.5 Å². The van der Waals surface area contributed by atoms with Crippen molar-refractivity contribution in [2.75, 3.05) is 0 Å². The van der Waals surface area contributed by atoms with Crippen molar-refractivity contribution in [2.45, 2.75) is 66.2 Å². The van der Waals surface area contributed by atoms with Gasteiger partial charge in [-0.2, -0.15) is 0 Å². The molecule has 0 heterocycles. The fraction of sp³-hybridized carbons (Fsp3) is 0.929. The Bertz CT molecular complexity index is 115. The molecule has 0 aromatic rings. The van der Waals surface area contributed by atoms with E-state index in [-0.39, 0.29) is 0 Å². The molecule has 0 aromatic carbocycles. The maximum atomic E-state index is 4.08. The Kier molecular flexibility index (Phi) is 8.32. The number of hydrogen-bond donors (Lipinski definition) is 0. The van der Waals surface area contributed by atoms with Crippen LogP contribution in [0.15, 0.2) is 0 Å². The van der Waals surface area contributed by atoms with Crippen molar-refractivity contribution >= 4 is 0 Å². The van der Waals surface area contributed by atoms with Crippen molar-refractivity contribution in [1.82, 2.24) is 0 Å². The minimum Gasteiger partial charge on any atom is -0.0651 e. The van der Waals surface area contributed by atoms with Crippen molar-refractivity contribution in [3.8, 4) is 0 Å². The standard InChI is InChI=1S/C14H29/c1-6-13(4)10-8-7-9-11-14(5)12(2)3/h12-14H,2,6-11H2,1,3-5H3. The molecule has 3 unspecified atom stereocenters. The first-order valence-electron chi connectivity index (χ1n) is 6.41. The third-order valence-corrected chi connectivity index (χ3v) is 3.52. The molecule has 14 heavy (non-hydrogen) atoms. The van der Waals surface area contributed by atoms with Gasteiger partial charge in [-0.05, 0) is 17.8 Å². The highest BCUT2D eigenvalue weighted by molar-refractivity contribution is 4.63. The molecule has 85 valence electrons. The Morgan fingerprint density at radius 3 is 2.00 bits per heavy atom. The van der Waals surface area contributed by atoms with Gasteiger partial charge in [0.15, 0.2) is 0 Å². The van der Waals surface area contributed by atoms with E-state index in [2.05, 4.69) is 34.6 Å². The van der Waals surface area contributed by atoms with Crippen molar-refractivity contribution < 1.29 is 0 Å². The second kappa shape index (κ2) is 8.32. The van der Waals surface area contributed by atoms with Crippen LogP contribution in [-0.4, -0.2) is 0 Å². The summed E-state index contributed by atoms with van der Waals surface area (Å²) in [6.07, 6.45) is 8.37. The summed E-state index contributed by atoms with van der Waals surface area (Å²) < 4.78 is 0. The number of hydrogen-bond acceptors (Lipinski definition) is 0. The van der Waals surface area contributed by atoms with Crippen LogP contribution in [0.1, 0.15) is 66.2 Å². The zero-order chi connectivity index (χ0) is 11.0. The second-order valence-electron chi connectivity index (χ2n) is 5.11. The molecule has 0 aliphatic carbocycles. The first kappa shape index (κ1) is 14.0. The van der Waals surface area contributed by atoms with E-state index >= 15 is 0 Å². The second-order valence-corrected chi connectivity index (χ2v) is 5.11. The molecular formula is C14H29. The molecule has 0 spiro atoms. The van der Waals surface area contributed by atoms with Crippen LogP contribution in [0.4, 0.5) is 0 Å². The van der Waals surface area contributed by atoms with Crippen LogP contribution < -0.4 is 0 Å². The Balaban J connectivity index is 3.21. The summed E-state index contributed by atoms with van der Waals surface area (Å²) >= 11 is 0. The summed E-state index contributed by atoms with van der Waals surface area (Å²) in [5.74, 6) is 2.35. The first-order chi connectivity index (χ1) is 6.57. The van der Waals surface area contributed by atoms with Crippen LogP contribution >= 0.6 is 0 Å². The summed E-state index contributed by atoms with van der Waals surface area (Å²) in [4.78, 5) is 0. The largest absolute Gasteiger partial charge is 0.0651 e. The average molecular weight is 197 g/mol. The van der Waals surface area contributed by atoms with E-state index < -0.39 is 0 Å². The van der Waals surface area contributed by atoms with Crippen LogP contribution in [0.25, 0.3) is 0 Å². The third kappa shape index (κ3) is 7.41. The fourth-order valence-electron chi connectivity index (χ4n) is 1.62. The van der Waals surface area contributed by atoms with Crippen LogP contribution in [0.5, 0.6) is 0 Å². The molecule has 0 N–H and O–H groups in total. The molecule has 0 amide bonds. The molecule has 0 aliphatic heterocycles. The van der Waals surface area contributed by atoms with E-state index in [0.717, 1.165) is 11.8 Å². The van der Waals surface area contributed by atoms with Crippen LogP contribution in [0, 0.1) is 24.7 Å². The molecule has 0 fully saturated rings. The molecule has 0 nitrogen and oxygen atoms in total. The molecule has 0 saturated carbocycles. The third-order valence-electron chi connectivity index (χ3n) is 3.52. The molecular weight excluding hydrogens is 168 g/mol. The molecule has 1 radical (unpaired) electrons. The van der Waals surface area contributed by atoms with E-state index in [9.17, 15) is 0 Å². The van der Waals surface area contributed by atoms with E-state index in [4.69, 9.17) is 0 Å². The lowest BCUT2D eigenvalue weighted by atomic mass is 9.91. The van der Waals surface area contributed by atoms with Crippen LogP contribution in [0.2, 0.25) is 0 Å². The maximum Gasteiger partial charge on any atom is -0.0417 e. The Labute approximate surface area is 91.5 Å². The summed E-state index contributed by atoms with van der Waals surface area (Å²) in [6, 6.07) is 0. The van der Waals surface area contributed by atoms with Crippen molar-refractivity contribution in [2.24, 2.45) is 17.8 Å². The molecule has 0 aliphatic rings. The minimum atomic E-state index is 0.615. The van der Waals surface area contributed by atoms with Crippen LogP contribution in [0.3, 0.4) is 0 Å². The Morgan fingerprint density at radius 2 is 1.50 bits per heavy atom. The first-order valence-corrected chi connectivity index (χ1v) is 6.41. The Morgan fingerprint density at radius 1 is 0.929 bits per heavy atom. The number of unbranched alkanes of at least 4 members (excludes halogenated alkanes) is 2. The Hall–Kier alpha value is 0. The highest BCUT2D eigenvalue weighted by Gasteiger charge is 2.06. The monoisotopic (exact) mass is 197 g/mol. The van der Waals surface area contributed by atoms with E-state index in [0.29, 0.717) is 5.92 Å². The topological polar surface area (TPSA) is 0 Å². The van der Waals surface area contributed by atoms with Gasteiger partial charge in [0.25, 0.3) is 0 Å². The summed E-state index contributed by atoms with van der Waals surface area (Å²) in [7, 11) is 0. The van der Waals surface area contributed by atoms with Gasteiger partial charge in [-0.3, -0.25) is 0 Å². The van der Waals surface area contributed by atoms with Gasteiger partial charge in [0.05, 0.1) is 0 Å². The lowest BCUT2D eigenvalue weighted by Gasteiger charge is -2.15. The minimum absolute atomic E-state index is 0.615. The maximum absolute atomic E-state index is 4.08. The van der Waals surface area contributed by atoms with E-state index in [1.54, 1.807) is 0 Å². The average Bonchev–Trinajstić information content (AvgIpc) is 2.16. The van der Waals surface area contributed by atoms with Gasteiger partial charge < -0.3 is 0 Å². The van der Waals surface area contributed by atoms with Crippen molar-refractivity contribution in [3.63, 3.8) is 0 Å². The zero-order valence-corrected chi connectivity index (χ0v) is 10.7. The highest BCUT2D eigenvalue weighted by atomic mass is 14.1. The van der Waals surface area contributed by atoms with Gasteiger partial charge in [-0.1, -0.05) is 73.1 Å². The molecule has 0 heteroatoms. The summed E-state index contributed by atoms with van der Waals surface area (Å²) in [5, 5.41) is 0. The van der Waals surface area contributed by atoms with Gasteiger partial charge in [-0.15, -0.1) is 0 Å². The quantitative estimate of drug-likeness (QED) is 0.475. The van der Waals surface area contributed by atoms with Crippen molar-refractivity contribution in [3.05, 3.63) is 6.92 Å². The molecule has 0 rings (SSSR count). The summed E-state index contributed by atoms with van der Waals surface area (Å²) in [6.45, 7) is 13.3.